The summed E-state index contributed by atoms with van der Waals surface area (Å²) in [5.41, 5.74) is 0.343. The molecule has 0 aliphatic rings. The standard InChI is InChI=1S/C14H12FNO4S/c1-20-12-7-10(15)2-4-14(12)21-13-5-3-11(16(18)19)6-9(13)8-17/h2-7,17H,8H2,1H3. The second-order valence-electron chi connectivity index (χ2n) is 4.10. The Morgan fingerprint density at radius 3 is 2.62 bits per heavy atom. The Bertz CT molecular complexity index is 678. The average Bonchev–Trinajstić information content (AvgIpc) is 2.49. The van der Waals surface area contributed by atoms with Crippen LogP contribution in [0.25, 0.3) is 0 Å². The van der Waals surface area contributed by atoms with Crippen LogP contribution in [0.4, 0.5) is 10.1 Å². The maximum atomic E-state index is 13.2. The van der Waals surface area contributed by atoms with Crippen LogP contribution < -0.4 is 4.74 Å². The first kappa shape index (κ1) is 15.3. The summed E-state index contributed by atoms with van der Waals surface area (Å²) in [6.45, 7) is -0.326. The van der Waals surface area contributed by atoms with Gasteiger partial charge in [-0.25, -0.2) is 4.39 Å². The molecule has 0 aromatic heterocycles. The summed E-state index contributed by atoms with van der Waals surface area (Å²) in [6.07, 6.45) is 0. The third-order valence-corrected chi connectivity index (χ3v) is 3.95. The molecule has 2 rings (SSSR count). The topological polar surface area (TPSA) is 72.6 Å². The van der Waals surface area contributed by atoms with Crippen LogP contribution in [0.1, 0.15) is 5.56 Å². The lowest BCUT2D eigenvalue weighted by molar-refractivity contribution is -0.385. The van der Waals surface area contributed by atoms with Gasteiger partial charge in [0.15, 0.2) is 0 Å². The van der Waals surface area contributed by atoms with Gasteiger partial charge in [-0.1, -0.05) is 11.8 Å². The van der Waals surface area contributed by atoms with Gasteiger partial charge < -0.3 is 9.84 Å². The molecule has 7 heteroatoms. The maximum Gasteiger partial charge on any atom is 0.269 e. The smallest absolute Gasteiger partial charge is 0.269 e. The summed E-state index contributed by atoms with van der Waals surface area (Å²) in [5, 5.41) is 20.1. The van der Waals surface area contributed by atoms with E-state index in [-0.39, 0.29) is 12.3 Å². The third kappa shape index (κ3) is 3.50. The average molecular weight is 309 g/mol. The Morgan fingerprint density at radius 2 is 2.00 bits per heavy atom. The number of hydrogen-bond acceptors (Lipinski definition) is 5. The first-order chi connectivity index (χ1) is 10.0. The minimum Gasteiger partial charge on any atom is -0.495 e. The Labute approximate surface area is 124 Å². The van der Waals surface area contributed by atoms with E-state index in [4.69, 9.17) is 4.74 Å². The summed E-state index contributed by atoms with van der Waals surface area (Å²) >= 11 is 1.24. The molecule has 110 valence electrons. The number of non-ortho nitro benzene ring substituents is 1. The molecular weight excluding hydrogens is 297 g/mol. The van der Waals surface area contributed by atoms with E-state index in [0.29, 0.717) is 21.1 Å². The Hall–Kier alpha value is -2.12. The molecular formula is C14H12FNO4S. The van der Waals surface area contributed by atoms with Gasteiger partial charge in [0.1, 0.15) is 11.6 Å². The van der Waals surface area contributed by atoms with Crippen molar-refractivity contribution in [3.63, 3.8) is 0 Å². The fourth-order valence-corrected chi connectivity index (χ4v) is 2.75. The number of hydrogen-bond donors (Lipinski definition) is 1. The molecule has 0 aliphatic heterocycles. The van der Waals surface area contributed by atoms with E-state index in [0.717, 1.165) is 0 Å². The number of aliphatic hydroxyl groups excluding tert-OH is 1. The highest BCUT2D eigenvalue weighted by atomic mass is 32.2. The molecule has 0 saturated heterocycles. The van der Waals surface area contributed by atoms with Crippen molar-refractivity contribution in [3.05, 3.63) is 57.9 Å². The number of benzene rings is 2. The van der Waals surface area contributed by atoms with Crippen LogP contribution in [-0.4, -0.2) is 17.1 Å². The lowest BCUT2D eigenvalue weighted by Crippen LogP contribution is -1.94. The molecule has 0 radical (unpaired) electrons. The molecule has 0 unspecified atom stereocenters. The van der Waals surface area contributed by atoms with Gasteiger partial charge in [-0.15, -0.1) is 0 Å². The minimum atomic E-state index is -0.522. The van der Waals surface area contributed by atoms with E-state index < -0.39 is 10.7 Å². The van der Waals surface area contributed by atoms with E-state index >= 15 is 0 Å². The fraction of sp³-hybridized carbons (Fsp3) is 0.143. The maximum absolute atomic E-state index is 13.2. The van der Waals surface area contributed by atoms with Crippen LogP contribution in [0.3, 0.4) is 0 Å². The first-order valence-electron chi connectivity index (χ1n) is 5.94. The van der Waals surface area contributed by atoms with Gasteiger partial charge in [0, 0.05) is 23.1 Å². The number of nitro benzene ring substituents is 1. The zero-order valence-electron chi connectivity index (χ0n) is 11.1. The molecule has 2 aromatic rings. The van der Waals surface area contributed by atoms with Crippen LogP contribution in [0.15, 0.2) is 46.2 Å². The van der Waals surface area contributed by atoms with Crippen molar-refractivity contribution in [2.75, 3.05) is 7.11 Å². The molecule has 0 fully saturated rings. The fourth-order valence-electron chi connectivity index (χ4n) is 1.75. The summed E-state index contributed by atoms with van der Waals surface area (Å²) in [5.74, 6) is -0.0514. The van der Waals surface area contributed by atoms with Crippen molar-refractivity contribution in [2.24, 2.45) is 0 Å². The normalized spacial score (nSPS) is 10.4. The van der Waals surface area contributed by atoms with Crippen LogP contribution >= 0.6 is 11.8 Å². The van der Waals surface area contributed by atoms with Crippen molar-refractivity contribution in [3.8, 4) is 5.75 Å². The minimum absolute atomic E-state index is 0.0885. The number of nitrogens with zero attached hydrogens (tertiary/aromatic N) is 1. The molecule has 0 aliphatic carbocycles. The van der Waals surface area contributed by atoms with E-state index in [1.165, 1.54) is 43.1 Å². The second kappa shape index (κ2) is 6.55. The largest absolute Gasteiger partial charge is 0.495 e. The van der Waals surface area contributed by atoms with Gasteiger partial charge in [-0.2, -0.15) is 0 Å². The zero-order valence-corrected chi connectivity index (χ0v) is 11.9. The predicted molar refractivity (Wildman–Crippen MR) is 76.1 cm³/mol. The molecule has 0 amide bonds. The predicted octanol–water partition coefficient (Wildman–Crippen LogP) is 3.39. The van der Waals surface area contributed by atoms with E-state index in [1.54, 1.807) is 12.1 Å². The summed E-state index contributed by atoms with van der Waals surface area (Å²) in [6, 6.07) is 8.34. The van der Waals surface area contributed by atoms with Gasteiger partial charge >= 0.3 is 0 Å². The van der Waals surface area contributed by atoms with Crippen molar-refractivity contribution < 1.29 is 19.2 Å². The Balaban J connectivity index is 2.37. The zero-order chi connectivity index (χ0) is 15.4. The highest BCUT2D eigenvalue weighted by Crippen LogP contribution is 2.38. The molecule has 0 spiro atoms. The first-order valence-corrected chi connectivity index (χ1v) is 6.76. The third-order valence-electron chi connectivity index (χ3n) is 2.77. The highest BCUT2D eigenvalue weighted by Gasteiger charge is 2.13. The van der Waals surface area contributed by atoms with Crippen LogP contribution in [0.5, 0.6) is 5.75 Å². The quantitative estimate of drug-likeness (QED) is 0.677. The molecule has 21 heavy (non-hydrogen) atoms. The lowest BCUT2D eigenvalue weighted by atomic mass is 10.2. The van der Waals surface area contributed by atoms with Crippen molar-refractivity contribution in [1.82, 2.24) is 0 Å². The Morgan fingerprint density at radius 1 is 1.29 bits per heavy atom. The lowest BCUT2D eigenvalue weighted by Gasteiger charge is -2.10. The van der Waals surface area contributed by atoms with E-state index in [2.05, 4.69) is 0 Å². The summed E-state index contributed by atoms with van der Waals surface area (Å²) < 4.78 is 18.3. The number of halogens is 1. The molecule has 0 bridgehead atoms. The van der Waals surface area contributed by atoms with Gasteiger partial charge in [0.25, 0.3) is 5.69 Å². The van der Waals surface area contributed by atoms with E-state index in [1.807, 2.05) is 0 Å². The number of methoxy groups -OCH3 is 1. The van der Waals surface area contributed by atoms with Gasteiger partial charge in [-0.3, -0.25) is 10.1 Å². The number of rotatable bonds is 5. The molecule has 1 N–H and O–H groups in total. The van der Waals surface area contributed by atoms with Crippen LogP contribution in [0, 0.1) is 15.9 Å². The van der Waals surface area contributed by atoms with Crippen molar-refractivity contribution >= 4 is 17.4 Å². The monoisotopic (exact) mass is 309 g/mol. The second-order valence-corrected chi connectivity index (χ2v) is 5.19. The summed E-state index contributed by atoms with van der Waals surface area (Å²) in [7, 11) is 1.43. The number of aliphatic hydroxyl groups is 1. The SMILES string of the molecule is COc1cc(F)ccc1Sc1ccc([N+](=O)[O-])cc1CO. The summed E-state index contributed by atoms with van der Waals surface area (Å²) in [4.78, 5) is 11.5. The number of nitro groups is 1. The molecule has 0 heterocycles. The number of ether oxygens (including phenoxy) is 1. The van der Waals surface area contributed by atoms with Gasteiger partial charge in [0.2, 0.25) is 0 Å². The van der Waals surface area contributed by atoms with Crippen LogP contribution in [0.2, 0.25) is 0 Å². The van der Waals surface area contributed by atoms with E-state index in [9.17, 15) is 19.6 Å². The molecule has 0 saturated carbocycles. The molecule has 5 nitrogen and oxygen atoms in total. The highest BCUT2D eigenvalue weighted by molar-refractivity contribution is 7.99. The van der Waals surface area contributed by atoms with Crippen LogP contribution in [-0.2, 0) is 6.61 Å². The molecule has 0 atom stereocenters. The van der Waals surface area contributed by atoms with Crippen molar-refractivity contribution in [1.29, 1.82) is 0 Å². The van der Waals surface area contributed by atoms with Crippen molar-refractivity contribution in [2.45, 2.75) is 16.4 Å². The molecule has 2 aromatic carbocycles. The Kier molecular flexibility index (Phi) is 4.77. The van der Waals surface area contributed by atoms with Gasteiger partial charge in [-0.05, 0) is 23.8 Å². The van der Waals surface area contributed by atoms with Gasteiger partial charge in [0.05, 0.1) is 23.5 Å².